The van der Waals surface area contributed by atoms with Crippen LogP contribution >= 0.6 is 0 Å². The number of imidazole rings is 1. The van der Waals surface area contributed by atoms with E-state index in [0.29, 0.717) is 34.2 Å². The monoisotopic (exact) mass is 504 g/mol. The maximum atomic E-state index is 14.5. The van der Waals surface area contributed by atoms with Crippen LogP contribution in [0.3, 0.4) is 0 Å². The number of allylic oxidation sites excluding steroid dienone is 1. The number of hydrogen-bond donors (Lipinski definition) is 3. The first-order valence-corrected chi connectivity index (χ1v) is 12.3. The number of hydrogen-bond acceptors (Lipinski definition) is 6. The van der Waals surface area contributed by atoms with E-state index >= 15 is 0 Å². The molecule has 0 radical (unpaired) electrons. The Morgan fingerprint density at radius 1 is 1.03 bits per heavy atom. The molecule has 1 aromatic carbocycles. The molecule has 0 aliphatic heterocycles. The van der Waals surface area contributed by atoms with Crippen molar-refractivity contribution < 1.29 is 4.39 Å². The number of halogens is 1. The number of pyridine rings is 3. The van der Waals surface area contributed by atoms with Gasteiger partial charge in [-0.1, -0.05) is 32.6 Å². The molecule has 0 amide bonds. The van der Waals surface area contributed by atoms with Gasteiger partial charge in [0.05, 0.1) is 34.8 Å². The van der Waals surface area contributed by atoms with E-state index in [-0.39, 0.29) is 5.82 Å². The molecule has 5 heterocycles. The van der Waals surface area contributed by atoms with Crippen LogP contribution in [0.15, 0.2) is 79.5 Å². The fourth-order valence-corrected chi connectivity index (χ4v) is 4.55. The van der Waals surface area contributed by atoms with Crippen LogP contribution < -0.4 is 5.32 Å². The molecule has 0 aliphatic rings. The molecule has 3 N–H and O–H groups in total. The van der Waals surface area contributed by atoms with Gasteiger partial charge in [-0.05, 0) is 42.7 Å². The van der Waals surface area contributed by atoms with Gasteiger partial charge in [0.25, 0.3) is 0 Å². The molecule has 9 heteroatoms. The van der Waals surface area contributed by atoms with E-state index < -0.39 is 0 Å². The Morgan fingerprint density at radius 3 is 2.74 bits per heavy atom. The normalized spacial score (nSPS) is 11.5. The highest BCUT2D eigenvalue weighted by Crippen LogP contribution is 2.32. The van der Waals surface area contributed by atoms with Gasteiger partial charge in [-0.3, -0.25) is 20.1 Å². The summed E-state index contributed by atoms with van der Waals surface area (Å²) in [5.74, 6) is 0.704. The maximum Gasteiger partial charge on any atom is 0.159 e. The summed E-state index contributed by atoms with van der Waals surface area (Å²) in [5.41, 5.74) is 6.97. The molecule has 0 bridgehead atoms. The SMILES string of the molecule is C=C(CC(C)C)Nc1cncc(-c2cc3c(-c4nc5c(-c6ccccc6F)nccc5[nH]4)n[nH]c3cn2)c1. The fourth-order valence-electron chi connectivity index (χ4n) is 4.55. The van der Waals surface area contributed by atoms with Crippen LogP contribution in [0.2, 0.25) is 0 Å². The van der Waals surface area contributed by atoms with Gasteiger partial charge in [-0.25, -0.2) is 9.37 Å². The Hall–Kier alpha value is -4.92. The number of aromatic amines is 2. The van der Waals surface area contributed by atoms with Gasteiger partial charge in [0.15, 0.2) is 5.82 Å². The van der Waals surface area contributed by atoms with Crippen molar-refractivity contribution in [1.82, 2.24) is 35.1 Å². The molecule has 0 spiro atoms. The molecule has 0 saturated heterocycles. The topological polar surface area (TPSA) is 108 Å². The summed E-state index contributed by atoms with van der Waals surface area (Å²) in [7, 11) is 0. The molecule has 0 fully saturated rings. The number of anilines is 1. The molecular weight excluding hydrogens is 479 g/mol. The first-order chi connectivity index (χ1) is 18.5. The third kappa shape index (κ3) is 4.39. The highest BCUT2D eigenvalue weighted by molar-refractivity contribution is 5.97. The number of nitrogens with zero attached hydrogens (tertiary/aromatic N) is 5. The van der Waals surface area contributed by atoms with Crippen molar-refractivity contribution in [3.05, 3.63) is 85.3 Å². The molecule has 8 nitrogen and oxygen atoms in total. The van der Waals surface area contributed by atoms with Crippen LogP contribution in [-0.4, -0.2) is 35.1 Å². The molecule has 0 saturated carbocycles. The van der Waals surface area contributed by atoms with Crippen molar-refractivity contribution in [2.45, 2.75) is 20.3 Å². The molecular formula is C29H25FN8. The summed E-state index contributed by atoms with van der Waals surface area (Å²) in [6.07, 6.45) is 7.80. The number of benzene rings is 1. The predicted molar refractivity (Wildman–Crippen MR) is 148 cm³/mol. The standard InChI is InChI=1S/C29H25FN8/c1-16(2)10-17(3)34-19-11-18(13-31-14-19)24-12-21-25(15-33-24)37-38-27(21)29-35-23-8-9-32-26(28(23)36-29)20-6-4-5-7-22(20)30/h4-9,11-16,34H,3,10H2,1-2H3,(H,35,36)(H,37,38). The number of H-pyrrole nitrogens is 2. The Balaban J connectivity index is 1.39. The molecule has 6 aromatic rings. The summed E-state index contributed by atoms with van der Waals surface area (Å²) in [5, 5.41) is 11.7. The van der Waals surface area contributed by atoms with Crippen molar-refractivity contribution >= 4 is 27.6 Å². The van der Waals surface area contributed by atoms with Gasteiger partial charge < -0.3 is 10.3 Å². The molecule has 38 heavy (non-hydrogen) atoms. The summed E-state index contributed by atoms with van der Waals surface area (Å²) >= 11 is 0. The van der Waals surface area contributed by atoms with Gasteiger partial charge in [-0.15, -0.1) is 0 Å². The quantitative estimate of drug-likeness (QED) is 0.222. The van der Waals surface area contributed by atoms with Gasteiger partial charge in [0.1, 0.15) is 22.7 Å². The maximum absolute atomic E-state index is 14.5. The zero-order valence-corrected chi connectivity index (χ0v) is 21.0. The van der Waals surface area contributed by atoms with Gasteiger partial charge in [0.2, 0.25) is 0 Å². The molecule has 188 valence electrons. The second-order valence-electron chi connectivity index (χ2n) is 9.60. The zero-order chi connectivity index (χ0) is 26.2. The molecule has 0 atom stereocenters. The highest BCUT2D eigenvalue weighted by Gasteiger charge is 2.18. The van der Waals surface area contributed by atoms with Crippen molar-refractivity contribution in [2.75, 3.05) is 5.32 Å². The van der Waals surface area contributed by atoms with Crippen molar-refractivity contribution in [2.24, 2.45) is 5.92 Å². The average molecular weight is 505 g/mol. The van der Waals surface area contributed by atoms with E-state index in [1.807, 2.05) is 18.2 Å². The number of rotatable bonds is 7. The van der Waals surface area contributed by atoms with Crippen LogP contribution in [0.4, 0.5) is 10.1 Å². The van der Waals surface area contributed by atoms with E-state index in [1.54, 1.807) is 43.0 Å². The Labute approximate surface area is 218 Å². The van der Waals surface area contributed by atoms with Crippen molar-refractivity contribution in [1.29, 1.82) is 0 Å². The third-order valence-electron chi connectivity index (χ3n) is 6.21. The predicted octanol–water partition coefficient (Wildman–Crippen LogP) is 6.74. The number of nitrogens with one attached hydrogen (secondary N) is 3. The lowest BCUT2D eigenvalue weighted by atomic mass is 10.1. The second kappa shape index (κ2) is 9.51. The smallest absolute Gasteiger partial charge is 0.159 e. The lowest BCUT2D eigenvalue weighted by Crippen LogP contribution is -2.02. The summed E-state index contributed by atoms with van der Waals surface area (Å²) < 4.78 is 14.5. The van der Waals surface area contributed by atoms with Gasteiger partial charge in [0, 0.05) is 34.6 Å². The highest BCUT2D eigenvalue weighted by atomic mass is 19.1. The van der Waals surface area contributed by atoms with Crippen LogP contribution in [-0.2, 0) is 0 Å². The van der Waals surface area contributed by atoms with Crippen LogP contribution in [0.5, 0.6) is 0 Å². The lowest BCUT2D eigenvalue weighted by molar-refractivity contribution is 0.631. The van der Waals surface area contributed by atoms with Crippen molar-refractivity contribution in [3.63, 3.8) is 0 Å². The zero-order valence-electron chi connectivity index (χ0n) is 21.0. The van der Waals surface area contributed by atoms with Crippen LogP contribution in [0.25, 0.3) is 56.0 Å². The Bertz CT molecular complexity index is 1800. The minimum Gasteiger partial charge on any atom is -0.358 e. The first-order valence-electron chi connectivity index (χ1n) is 12.3. The summed E-state index contributed by atoms with van der Waals surface area (Å²) in [6, 6.07) is 12.3. The van der Waals surface area contributed by atoms with Crippen molar-refractivity contribution in [3.8, 4) is 34.0 Å². The first kappa shape index (κ1) is 23.5. The fraction of sp³-hybridized carbons (Fsp3) is 0.138. The second-order valence-corrected chi connectivity index (χ2v) is 9.60. The summed E-state index contributed by atoms with van der Waals surface area (Å²) in [4.78, 5) is 21.5. The van der Waals surface area contributed by atoms with E-state index in [9.17, 15) is 4.39 Å². The van der Waals surface area contributed by atoms with E-state index in [0.717, 1.165) is 45.5 Å². The van der Waals surface area contributed by atoms with Gasteiger partial charge in [-0.2, -0.15) is 5.10 Å². The molecule has 0 unspecified atom stereocenters. The minimum absolute atomic E-state index is 0.351. The van der Waals surface area contributed by atoms with E-state index in [2.05, 4.69) is 55.9 Å². The molecule has 0 aliphatic carbocycles. The summed E-state index contributed by atoms with van der Waals surface area (Å²) in [6.45, 7) is 8.43. The average Bonchev–Trinajstić information content (AvgIpc) is 3.52. The number of fused-ring (bicyclic) bond motifs is 2. The van der Waals surface area contributed by atoms with E-state index in [4.69, 9.17) is 4.98 Å². The minimum atomic E-state index is -0.351. The Morgan fingerprint density at radius 2 is 1.89 bits per heavy atom. The lowest BCUT2D eigenvalue weighted by Gasteiger charge is -2.12. The van der Waals surface area contributed by atoms with Crippen LogP contribution in [0.1, 0.15) is 20.3 Å². The van der Waals surface area contributed by atoms with E-state index in [1.165, 1.54) is 6.07 Å². The molecule has 6 rings (SSSR count). The van der Waals surface area contributed by atoms with Crippen LogP contribution in [0, 0.1) is 11.7 Å². The Kier molecular flexibility index (Phi) is 5.88. The molecule has 5 aromatic heterocycles. The largest absolute Gasteiger partial charge is 0.358 e. The van der Waals surface area contributed by atoms with Gasteiger partial charge >= 0.3 is 0 Å². The number of aromatic nitrogens is 7. The third-order valence-corrected chi connectivity index (χ3v) is 6.21.